The Morgan fingerprint density at radius 2 is 1.60 bits per heavy atom. The maximum Gasteiger partial charge on any atom is 0.0794 e. The molecule has 2 aromatic carbocycles. The Bertz CT molecular complexity index is 527. The first kappa shape index (κ1) is 14.7. The van der Waals surface area contributed by atoms with Crippen molar-refractivity contribution in [3.63, 3.8) is 0 Å². The molecule has 104 valence electrons. The number of rotatable bonds is 6. The van der Waals surface area contributed by atoms with Crippen molar-refractivity contribution in [3.05, 3.63) is 71.8 Å². The van der Waals surface area contributed by atoms with Crippen molar-refractivity contribution >= 4 is 17.2 Å². The smallest absolute Gasteiger partial charge is 0.0794 e. The zero-order valence-electron chi connectivity index (χ0n) is 11.3. The van der Waals surface area contributed by atoms with Crippen molar-refractivity contribution < 1.29 is 5.11 Å². The summed E-state index contributed by atoms with van der Waals surface area (Å²) >= 11 is 5.30. The third kappa shape index (κ3) is 4.76. The zero-order chi connectivity index (χ0) is 14.2. The molecule has 2 aromatic rings. The Morgan fingerprint density at radius 1 is 1.00 bits per heavy atom. The standard InChI is InChI=1S/C17H19NOS/c19-16(15-9-5-2-6-10-15)11-12-17(20)18-13-14-7-3-1-4-8-14/h1-10,16,19H,11-13H2,(H,18,20). The fourth-order valence-corrected chi connectivity index (χ4v) is 2.18. The zero-order valence-corrected chi connectivity index (χ0v) is 12.1. The van der Waals surface area contributed by atoms with Crippen molar-refractivity contribution in [1.82, 2.24) is 5.32 Å². The van der Waals surface area contributed by atoms with Crippen molar-refractivity contribution in [3.8, 4) is 0 Å². The van der Waals surface area contributed by atoms with Gasteiger partial charge >= 0.3 is 0 Å². The summed E-state index contributed by atoms with van der Waals surface area (Å²) in [7, 11) is 0. The second-order valence-corrected chi connectivity index (χ2v) is 5.22. The SMILES string of the molecule is OC(CCC(=S)NCc1ccccc1)c1ccccc1. The third-order valence-corrected chi connectivity index (χ3v) is 3.51. The molecule has 1 unspecified atom stereocenters. The van der Waals surface area contributed by atoms with Crippen molar-refractivity contribution in [1.29, 1.82) is 0 Å². The molecular formula is C17H19NOS. The fourth-order valence-electron chi connectivity index (χ4n) is 1.99. The highest BCUT2D eigenvalue weighted by molar-refractivity contribution is 7.80. The first-order chi connectivity index (χ1) is 9.75. The molecule has 0 radical (unpaired) electrons. The minimum absolute atomic E-state index is 0.451. The van der Waals surface area contributed by atoms with E-state index >= 15 is 0 Å². The summed E-state index contributed by atoms with van der Waals surface area (Å²) in [5.41, 5.74) is 2.15. The number of hydrogen-bond donors (Lipinski definition) is 2. The van der Waals surface area contributed by atoms with Gasteiger partial charge in [-0.05, 0) is 17.5 Å². The number of nitrogens with one attached hydrogen (secondary N) is 1. The van der Waals surface area contributed by atoms with E-state index in [9.17, 15) is 5.11 Å². The second-order valence-electron chi connectivity index (χ2n) is 4.73. The molecule has 0 aromatic heterocycles. The lowest BCUT2D eigenvalue weighted by atomic mass is 10.1. The summed E-state index contributed by atoms with van der Waals surface area (Å²) in [6.45, 7) is 0.737. The van der Waals surface area contributed by atoms with Gasteiger partial charge in [0.25, 0.3) is 0 Å². The molecule has 2 nitrogen and oxygen atoms in total. The average molecular weight is 285 g/mol. The van der Waals surface area contributed by atoms with Gasteiger partial charge in [0.05, 0.1) is 11.1 Å². The topological polar surface area (TPSA) is 32.3 Å². The molecule has 2 N–H and O–H groups in total. The van der Waals surface area contributed by atoms with Gasteiger partial charge in [-0.3, -0.25) is 0 Å². The van der Waals surface area contributed by atoms with Gasteiger partial charge in [-0.15, -0.1) is 0 Å². The summed E-state index contributed by atoms with van der Waals surface area (Å²) in [4.78, 5) is 0.795. The fraction of sp³-hybridized carbons (Fsp3) is 0.235. The molecular weight excluding hydrogens is 266 g/mol. The van der Waals surface area contributed by atoms with Crippen LogP contribution in [0.5, 0.6) is 0 Å². The van der Waals surface area contributed by atoms with Crippen LogP contribution in [-0.4, -0.2) is 10.1 Å². The van der Waals surface area contributed by atoms with E-state index in [1.165, 1.54) is 5.56 Å². The molecule has 0 aliphatic carbocycles. The van der Waals surface area contributed by atoms with Crippen LogP contribution in [-0.2, 0) is 6.54 Å². The van der Waals surface area contributed by atoms with E-state index in [0.717, 1.165) is 17.1 Å². The van der Waals surface area contributed by atoms with Crippen LogP contribution in [0.1, 0.15) is 30.1 Å². The number of benzene rings is 2. The van der Waals surface area contributed by atoms with Crippen LogP contribution in [0.4, 0.5) is 0 Å². The highest BCUT2D eigenvalue weighted by atomic mass is 32.1. The monoisotopic (exact) mass is 285 g/mol. The molecule has 3 heteroatoms. The van der Waals surface area contributed by atoms with Gasteiger partial charge in [0, 0.05) is 13.0 Å². The summed E-state index contributed by atoms with van der Waals surface area (Å²) in [6.07, 6.45) is 0.885. The molecule has 0 heterocycles. The van der Waals surface area contributed by atoms with Gasteiger partial charge in [0.1, 0.15) is 0 Å². The van der Waals surface area contributed by atoms with Gasteiger partial charge in [-0.1, -0.05) is 72.9 Å². The first-order valence-corrected chi connectivity index (χ1v) is 7.20. The van der Waals surface area contributed by atoms with Crippen LogP contribution < -0.4 is 5.32 Å². The molecule has 0 aliphatic heterocycles. The lowest BCUT2D eigenvalue weighted by Crippen LogP contribution is -2.21. The van der Waals surface area contributed by atoms with Gasteiger partial charge < -0.3 is 10.4 Å². The molecule has 0 saturated heterocycles. The maximum atomic E-state index is 10.1. The number of aliphatic hydroxyl groups excluding tert-OH is 1. The van der Waals surface area contributed by atoms with Crippen LogP contribution in [0, 0.1) is 0 Å². The van der Waals surface area contributed by atoms with Crippen LogP contribution in [0.2, 0.25) is 0 Å². The van der Waals surface area contributed by atoms with Crippen molar-refractivity contribution in [2.75, 3.05) is 0 Å². The molecule has 2 rings (SSSR count). The molecule has 0 spiro atoms. The van der Waals surface area contributed by atoms with E-state index in [0.29, 0.717) is 12.8 Å². The predicted octanol–water partition coefficient (Wildman–Crippen LogP) is 3.62. The Labute approximate surface area is 125 Å². The van der Waals surface area contributed by atoms with Gasteiger partial charge in [-0.25, -0.2) is 0 Å². The minimum atomic E-state index is -0.451. The quantitative estimate of drug-likeness (QED) is 0.795. The lowest BCUT2D eigenvalue weighted by Gasteiger charge is -2.12. The predicted molar refractivity (Wildman–Crippen MR) is 86.5 cm³/mol. The van der Waals surface area contributed by atoms with Crippen LogP contribution in [0.3, 0.4) is 0 Å². The van der Waals surface area contributed by atoms with E-state index < -0.39 is 6.10 Å². The van der Waals surface area contributed by atoms with Gasteiger partial charge in [0.15, 0.2) is 0 Å². The van der Waals surface area contributed by atoms with Crippen molar-refractivity contribution in [2.24, 2.45) is 0 Å². The third-order valence-electron chi connectivity index (χ3n) is 3.16. The van der Waals surface area contributed by atoms with E-state index in [4.69, 9.17) is 12.2 Å². The van der Waals surface area contributed by atoms with Crippen LogP contribution in [0.15, 0.2) is 60.7 Å². The first-order valence-electron chi connectivity index (χ1n) is 6.79. The second kappa shape index (κ2) is 7.78. The summed E-state index contributed by atoms with van der Waals surface area (Å²) < 4.78 is 0. The minimum Gasteiger partial charge on any atom is -0.388 e. The summed E-state index contributed by atoms with van der Waals surface area (Å²) in [5.74, 6) is 0. The molecule has 20 heavy (non-hydrogen) atoms. The van der Waals surface area contributed by atoms with Gasteiger partial charge in [0.2, 0.25) is 0 Å². The van der Waals surface area contributed by atoms with E-state index in [1.807, 2.05) is 48.5 Å². The molecule has 1 atom stereocenters. The average Bonchev–Trinajstić information content (AvgIpc) is 2.52. The van der Waals surface area contributed by atoms with Crippen LogP contribution in [0.25, 0.3) is 0 Å². The Balaban J connectivity index is 1.73. The number of aliphatic hydroxyl groups is 1. The molecule has 0 fully saturated rings. The van der Waals surface area contributed by atoms with E-state index in [2.05, 4.69) is 17.4 Å². The van der Waals surface area contributed by atoms with Crippen molar-refractivity contribution in [2.45, 2.75) is 25.5 Å². The highest BCUT2D eigenvalue weighted by Crippen LogP contribution is 2.17. The van der Waals surface area contributed by atoms with E-state index in [-0.39, 0.29) is 0 Å². The molecule has 0 bridgehead atoms. The highest BCUT2D eigenvalue weighted by Gasteiger charge is 2.08. The Hall–Kier alpha value is -1.71. The Kier molecular flexibility index (Phi) is 5.71. The van der Waals surface area contributed by atoms with Gasteiger partial charge in [-0.2, -0.15) is 0 Å². The largest absolute Gasteiger partial charge is 0.388 e. The summed E-state index contributed by atoms with van der Waals surface area (Å²) in [6, 6.07) is 19.8. The number of hydrogen-bond acceptors (Lipinski definition) is 2. The van der Waals surface area contributed by atoms with E-state index in [1.54, 1.807) is 0 Å². The molecule has 0 saturated carbocycles. The summed E-state index contributed by atoms with van der Waals surface area (Å²) in [5, 5.41) is 13.3. The Morgan fingerprint density at radius 3 is 2.25 bits per heavy atom. The maximum absolute atomic E-state index is 10.1. The normalized spacial score (nSPS) is 11.8. The van der Waals surface area contributed by atoms with Crippen LogP contribution >= 0.6 is 12.2 Å². The molecule has 0 amide bonds. The lowest BCUT2D eigenvalue weighted by molar-refractivity contribution is 0.170. The number of thiocarbonyl (C=S) groups is 1. The molecule has 0 aliphatic rings.